The van der Waals surface area contributed by atoms with Crippen molar-refractivity contribution in [1.29, 1.82) is 0 Å². The van der Waals surface area contributed by atoms with Gasteiger partial charge in [-0.2, -0.15) is 0 Å². The van der Waals surface area contributed by atoms with E-state index in [1.807, 2.05) is 27.7 Å². The molecule has 0 saturated carbocycles. The van der Waals surface area contributed by atoms with Crippen LogP contribution in [0.3, 0.4) is 0 Å². The highest BCUT2D eigenvalue weighted by Crippen LogP contribution is 2.03. The minimum Gasteiger partial charge on any atom is -0.296 e. The van der Waals surface area contributed by atoms with Crippen LogP contribution in [0.5, 0.6) is 0 Å². The molecule has 0 aliphatic heterocycles. The summed E-state index contributed by atoms with van der Waals surface area (Å²) < 4.78 is 0. The minimum atomic E-state index is -0.102. The van der Waals surface area contributed by atoms with E-state index in [4.69, 9.17) is 4.84 Å². The standard InChI is InChI=1S/C9H19NO/c1-8(2)6-7-10-11-9(3,4)5/h10H,1,6-7H2,2-5H3. The summed E-state index contributed by atoms with van der Waals surface area (Å²) in [6.07, 6.45) is 0.968. The first-order valence-electron chi connectivity index (χ1n) is 3.97. The van der Waals surface area contributed by atoms with Gasteiger partial charge < -0.3 is 0 Å². The third-order valence-electron chi connectivity index (χ3n) is 1.03. The van der Waals surface area contributed by atoms with E-state index < -0.39 is 0 Å². The Morgan fingerprint density at radius 1 is 1.45 bits per heavy atom. The third kappa shape index (κ3) is 9.66. The summed E-state index contributed by atoms with van der Waals surface area (Å²) >= 11 is 0. The quantitative estimate of drug-likeness (QED) is 0.384. The average Bonchev–Trinajstić information content (AvgIpc) is 1.78. The molecule has 0 rings (SSSR count). The molecule has 0 aliphatic rings. The van der Waals surface area contributed by atoms with Gasteiger partial charge in [0.05, 0.1) is 5.60 Å². The van der Waals surface area contributed by atoms with Crippen LogP contribution in [0.2, 0.25) is 0 Å². The molecule has 0 aromatic carbocycles. The van der Waals surface area contributed by atoms with Crippen molar-refractivity contribution in [3.8, 4) is 0 Å². The molecule has 2 nitrogen and oxygen atoms in total. The fraction of sp³-hybridized carbons (Fsp3) is 0.778. The summed E-state index contributed by atoms with van der Waals surface area (Å²) in [5.41, 5.74) is 3.97. The molecule has 0 spiro atoms. The Labute approximate surface area is 69.6 Å². The zero-order valence-corrected chi connectivity index (χ0v) is 8.03. The number of nitrogens with one attached hydrogen (secondary N) is 1. The molecule has 11 heavy (non-hydrogen) atoms. The van der Waals surface area contributed by atoms with Crippen LogP contribution in [0.1, 0.15) is 34.1 Å². The molecule has 0 atom stereocenters. The highest BCUT2D eigenvalue weighted by molar-refractivity contribution is 4.87. The maximum Gasteiger partial charge on any atom is 0.0812 e. The van der Waals surface area contributed by atoms with E-state index in [1.165, 1.54) is 5.57 Å². The topological polar surface area (TPSA) is 21.3 Å². The van der Waals surface area contributed by atoms with Gasteiger partial charge in [-0.3, -0.25) is 4.84 Å². The van der Waals surface area contributed by atoms with E-state index in [-0.39, 0.29) is 5.60 Å². The van der Waals surface area contributed by atoms with Crippen molar-refractivity contribution in [2.75, 3.05) is 6.54 Å². The van der Waals surface area contributed by atoms with Gasteiger partial charge in [0.25, 0.3) is 0 Å². The molecular formula is C9H19NO. The summed E-state index contributed by atoms with van der Waals surface area (Å²) in [6, 6.07) is 0. The number of hydrogen-bond donors (Lipinski definition) is 1. The minimum absolute atomic E-state index is 0.102. The summed E-state index contributed by atoms with van der Waals surface area (Å²) in [7, 11) is 0. The summed E-state index contributed by atoms with van der Waals surface area (Å²) in [5.74, 6) is 0. The summed E-state index contributed by atoms with van der Waals surface area (Å²) in [5, 5.41) is 0. The second-order valence-electron chi connectivity index (χ2n) is 3.82. The Bertz CT molecular complexity index is 124. The van der Waals surface area contributed by atoms with Crippen molar-refractivity contribution in [3.05, 3.63) is 12.2 Å². The van der Waals surface area contributed by atoms with Crippen LogP contribution in [-0.4, -0.2) is 12.1 Å². The maximum atomic E-state index is 5.29. The Hall–Kier alpha value is -0.340. The molecule has 2 heteroatoms. The molecule has 0 aromatic heterocycles. The largest absolute Gasteiger partial charge is 0.296 e. The van der Waals surface area contributed by atoms with Crippen molar-refractivity contribution in [2.24, 2.45) is 0 Å². The van der Waals surface area contributed by atoms with E-state index in [2.05, 4.69) is 12.1 Å². The summed E-state index contributed by atoms with van der Waals surface area (Å²) in [4.78, 5) is 5.29. The predicted octanol–water partition coefficient (Wildman–Crippen LogP) is 2.27. The van der Waals surface area contributed by atoms with Crippen LogP contribution < -0.4 is 5.48 Å². The van der Waals surface area contributed by atoms with E-state index in [9.17, 15) is 0 Å². The van der Waals surface area contributed by atoms with Crippen molar-refractivity contribution >= 4 is 0 Å². The SMILES string of the molecule is C=C(C)CCNOC(C)(C)C. The van der Waals surface area contributed by atoms with Gasteiger partial charge in [-0.25, -0.2) is 5.48 Å². The predicted molar refractivity (Wildman–Crippen MR) is 48.3 cm³/mol. The second kappa shape index (κ2) is 4.52. The van der Waals surface area contributed by atoms with Gasteiger partial charge in [-0.05, 0) is 34.1 Å². The van der Waals surface area contributed by atoms with E-state index in [1.54, 1.807) is 0 Å². The smallest absolute Gasteiger partial charge is 0.0812 e. The molecule has 0 radical (unpaired) electrons. The first-order valence-corrected chi connectivity index (χ1v) is 3.97. The lowest BCUT2D eigenvalue weighted by Gasteiger charge is -2.19. The third-order valence-corrected chi connectivity index (χ3v) is 1.03. The maximum absolute atomic E-state index is 5.29. The van der Waals surface area contributed by atoms with Crippen LogP contribution in [0.25, 0.3) is 0 Å². The molecule has 0 unspecified atom stereocenters. The zero-order valence-electron chi connectivity index (χ0n) is 8.03. The molecule has 0 saturated heterocycles. The van der Waals surface area contributed by atoms with Crippen LogP contribution in [0.15, 0.2) is 12.2 Å². The van der Waals surface area contributed by atoms with Gasteiger partial charge in [0.2, 0.25) is 0 Å². The van der Waals surface area contributed by atoms with Gasteiger partial charge in [0.1, 0.15) is 0 Å². The molecule has 1 N–H and O–H groups in total. The average molecular weight is 157 g/mol. The van der Waals surface area contributed by atoms with Crippen LogP contribution in [0.4, 0.5) is 0 Å². The summed E-state index contributed by atoms with van der Waals surface area (Å²) in [6.45, 7) is 12.7. The van der Waals surface area contributed by atoms with Gasteiger partial charge in [-0.1, -0.05) is 5.57 Å². The molecule has 0 amide bonds. The van der Waals surface area contributed by atoms with Crippen molar-refractivity contribution in [1.82, 2.24) is 5.48 Å². The van der Waals surface area contributed by atoms with Crippen LogP contribution in [-0.2, 0) is 4.84 Å². The second-order valence-corrected chi connectivity index (χ2v) is 3.82. The number of rotatable bonds is 4. The molecule has 0 aliphatic carbocycles. The van der Waals surface area contributed by atoms with Gasteiger partial charge in [0.15, 0.2) is 0 Å². The highest BCUT2D eigenvalue weighted by atomic mass is 16.7. The fourth-order valence-corrected chi connectivity index (χ4v) is 0.532. The Morgan fingerprint density at radius 2 is 2.00 bits per heavy atom. The molecule has 0 aromatic rings. The Balaban J connectivity index is 3.22. The van der Waals surface area contributed by atoms with Gasteiger partial charge >= 0.3 is 0 Å². The normalized spacial score (nSPS) is 11.6. The first kappa shape index (κ1) is 10.7. The Morgan fingerprint density at radius 3 is 2.36 bits per heavy atom. The van der Waals surface area contributed by atoms with E-state index in [0.717, 1.165) is 13.0 Å². The number of hydroxylamine groups is 1. The Kier molecular flexibility index (Phi) is 4.38. The van der Waals surface area contributed by atoms with E-state index >= 15 is 0 Å². The van der Waals surface area contributed by atoms with Crippen molar-refractivity contribution in [3.63, 3.8) is 0 Å². The van der Waals surface area contributed by atoms with E-state index in [0.29, 0.717) is 0 Å². The van der Waals surface area contributed by atoms with Gasteiger partial charge in [-0.15, -0.1) is 6.58 Å². The highest BCUT2D eigenvalue weighted by Gasteiger charge is 2.08. The molecule has 66 valence electrons. The first-order chi connectivity index (χ1) is 4.92. The lowest BCUT2D eigenvalue weighted by atomic mass is 10.2. The monoisotopic (exact) mass is 157 g/mol. The lowest BCUT2D eigenvalue weighted by Crippen LogP contribution is -2.29. The van der Waals surface area contributed by atoms with Crippen LogP contribution >= 0.6 is 0 Å². The molecule has 0 bridgehead atoms. The van der Waals surface area contributed by atoms with Crippen LogP contribution in [0, 0.1) is 0 Å². The number of hydrogen-bond acceptors (Lipinski definition) is 2. The van der Waals surface area contributed by atoms with Gasteiger partial charge in [0, 0.05) is 6.54 Å². The fourth-order valence-electron chi connectivity index (χ4n) is 0.532. The van der Waals surface area contributed by atoms with Crippen molar-refractivity contribution < 1.29 is 4.84 Å². The molecular weight excluding hydrogens is 138 g/mol. The molecule has 0 heterocycles. The molecule has 0 fully saturated rings. The lowest BCUT2D eigenvalue weighted by molar-refractivity contribution is -0.0717. The zero-order chi connectivity index (χ0) is 8.91. The van der Waals surface area contributed by atoms with Crippen molar-refractivity contribution in [2.45, 2.75) is 39.7 Å².